The molecule has 1 nitrogen and oxygen atoms in total. The van der Waals surface area contributed by atoms with Gasteiger partial charge in [0.1, 0.15) is 5.78 Å². The second-order valence-electron chi connectivity index (χ2n) is 2.75. The van der Waals surface area contributed by atoms with E-state index in [2.05, 4.69) is 13.8 Å². The van der Waals surface area contributed by atoms with Gasteiger partial charge < -0.3 is 0 Å². The fourth-order valence-electron chi connectivity index (χ4n) is 1.09. The molecule has 52 valence electrons. The molecule has 9 heavy (non-hydrogen) atoms. The molecule has 1 atom stereocenters. The minimum absolute atomic E-state index is 0.310. The summed E-state index contributed by atoms with van der Waals surface area (Å²) in [4.78, 5) is 11.0. The number of carbonyl (C=O) groups excluding carboxylic acids is 1. The summed E-state index contributed by atoms with van der Waals surface area (Å²) >= 11 is 1.81. The molecular weight excluding hydrogens is 132 g/mol. The average molecular weight is 144 g/mol. The fraction of sp³-hybridized carbons (Fsp3) is 0.857. The average Bonchev–Trinajstić information content (AvgIpc) is 2.13. The maximum Gasteiger partial charge on any atom is 0.146 e. The van der Waals surface area contributed by atoms with E-state index < -0.39 is 0 Å². The summed E-state index contributed by atoms with van der Waals surface area (Å²) in [5.41, 5.74) is 0. The number of hydrogen-bond donors (Lipinski definition) is 0. The normalized spacial score (nSPS) is 27.9. The summed E-state index contributed by atoms with van der Waals surface area (Å²) in [5, 5.41) is 0.310. The molecule has 1 aliphatic rings. The summed E-state index contributed by atoms with van der Waals surface area (Å²) in [6.45, 7) is 4.22. The smallest absolute Gasteiger partial charge is 0.146 e. The van der Waals surface area contributed by atoms with E-state index in [4.69, 9.17) is 0 Å². The Bertz CT molecular complexity index is 120. The summed E-state index contributed by atoms with van der Waals surface area (Å²) in [6.07, 6.45) is 0.799. The molecule has 1 rings (SSSR count). The van der Waals surface area contributed by atoms with E-state index in [0.717, 1.165) is 12.2 Å². The van der Waals surface area contributed by atoms with Crippen LogP contribution in [-0.2, 0) is 4.79 Å². The Morgan fingerprint density at radius 3 is 2.56 bits per heavy atom. The SMILES string of the molecule is CC(C)[C@@H]1SCCC1=O. The molecule has 0 aromatic carbocycles. The first-order chi connectivity index (χ1) is 4.22. The van der Waals surface area contributed by atoms with Gasteiger partial charge in [-0.15, -0.1) is 11.8 Å². The maximum absolute atomic E-state index is 11.0. The Morgan fingerprint density at radius 2 is 2.33 bits per heavy atom. The number of carbonyl (C=O) groups is 1. The first-order valence-electron chi connectivity index (χ1n) is 3.36. The van der Waals surface area contributed by atoms with Crippen molar-refractivity contribution >= 4 is 17.5 Å². The van der Waals surface area contributed by atoms with Crippen molar-refractivity contribution < 1.29 is 4.79 Å². The molecule has 0 bridgehead atoms. The van der Waals surface area contributed by atoms with Crippen molar-refractivity contribution in [1.82, 2.24) is 0 Å². The predicted molar refractivity (Wildman–Crippen MR) is 40.7 cm³/mol. The quantitative estimate of drug-likeness (QED) is 0.557. The standard InChI is InChI=1S/C7H12OS/c1-5(2)7-6(8)3-4-9-7/h5,7H,3-4H2,1-2H3/t7-/m0/s1. The van der Waals surface area contributed by atoms with Crippen molar-refractivity contribution in [2.45, 2.75) is 25.5 Å². The Kier molecular flexibility index (Phi) is 2.17. The molecule has 0 aliphatic carbocycles. The van der Waals surface area contributed by atoms with Crippen LogP contribution in [0.25, 0.3) is 0 Å². The zero-order valence-corrected chi connectivity index (χ0v) is 6.70. The zero-order chi connectivity index (χ0) is 6.85. The van der Waals surface area contributed by atoms with Gasteiger partial charge in [-0.05, 0) is 5.92 Å². The van der Waals surface area contributed by atoms with Crippen LogP contribution in [0.3, 0.4) is 0 Å². The molecule has 1 heterocycles. The summed E-state index contributed by atoms with van der Waals surface area (Å²) in [5.74, 6) is 2.03. The summed E-state index contributed by atoms with van der Waals surface area (Å²) in [7, 11) is 0. The highest BCUT2D eigenvalue weighted by Crippen LogP contribution is 2.28. The molecule has 0 aromatic heterocycles. The lowest BCUT2D eigenvalue weighted by Gasteiger charge is -2.09. The number of ketones is 1. The van der Waals surface area contributed by atoms with Gasteiger partial charge in [0.25, 0.3) is 0 Å². The molecule has 0 spiro atoms. The molecule has 0 unspecified atom stereocenters. The molecule has 0 amide bonds. The maximum atomic E-state index is 11.0. The number of Topliss-reactive ketones (excluding diaryl/α,β-unsaturated/α-hetero) is 1. The molecule has 0 aromatic rings. The van der Waals surface area contributed by atoms with Gasteiger partial charge in [-0.1, -0.05) is 13.8 Å². The highest BCUT2D eigenvalue weighted by atomic mass is 32.2. The largest absolute Gasteiger partial charge is 0.298 e. The van der Waals surface area contributed by atoms with Crippen LogP contribution in [0.1, 0.15) is 20.3 Å². The first-order valence-corrected chi connectivity index (χ1v) is 4.41. The van der Waals surface area contributed by atoms with E-state index in [1.807, 2.05) is 11.8 Å². The van der Waals surface area contributed by atoms with Crippen LogP contribution in [0.2, 0.25) is 0 Å². The third-order valence-electron chi connectivity index (χ3n) is 1.57. The van der Waals surface area contributed by atoms with Gasteiger partial charge in [-0.25, -0.2) is 0 Å². The zero-order valence-electron chi connectivity index (χ0n) is 5.89. The van der Waals surface area contributed by atoms with Crippen molar-refractivity contribution in [2.24, 2.45) is 5.92 Å². The minimum atomic E-state index is 0.310. The van der Waals surface area contributed by atoms with Crippen molar-refractivity contribution in [3.8, 4) is 0 Å². The van der Waals surface area contributed by atoms with Gasteiger partial charge in [0, 0.05) is 12.2 Å². The molecular formula is C7H12OS. The van der Waals surface area contributed by atoms with Crippen LogP contribution in [0, 0.1) is 5.92 Å². The van der Waals surface area contributed by atoms with E-state index >= 15 is 0 Å². The monoisotopic (exact) mass is 144 g/mol. The molecule has 1 saturated heterocycles. The third-order valence-corrected chi connectivity index (χ3v) is 3.17. The van der Waals surface area contributed by atoms with Gasteiger partial charge in [-0.2, -0.15) is 0 Å². The van der Waals surface area contributed by atoms with E-state index in [9.17, 15) is 4.79 Å². The highest BCUT2D eigenvalue weighted by molar-refractivity contribution is 8.01. The van der Waals surface area contributed by atoms with Gasteiger partial charge in [-0.3, -0.25) is 4.79 Å². The number of thioether (sulfide) groups is 1. The topological polar surface area (TPSA) is 17.1 Å². The van der Waals surface area contributed by atoms with Crippen LogP contribution in [0.4, 0.5) is 0 Å². The number of rotatable bonds is 1. The van der Waals surface area contributed by atoms with Crippen LogP contribution < -0.4 is 0 Å². The second kappa shape index (κ2) is 2.74. The Hall–Kier alpha value is 0.0200. The second-order valence-corrected chi connectivity index (χ2v) is 4.00. The van der Waals surface area contributed by atoms with Crippen molar-refractivity contribution in [1.29, 1.82) is 0 Å². The van der Waals surface area contributed by atoms with Crippen LogP contribution in [0.15, 0.2) is 0 Å². The Morgan fingerprint density at radius 1 is 1.67 bits per heavy atom. The predicted octanol–water partition coefficient (Wildman–Crippen LogP) is 1.72. The van der Waals surface area contributed by atoms with Gasteiger partial charge in [0.05, 0.1) is 5.25 Å². The van der Waals surface area contributed by atoms with E-state index in [1.54, 1.807) is 0 Å². The van der Waals surface area contributed by atoms with E-state index in [0.29, 0.717) is 17.0 Å². The van der Waals surface area contributed by atoms with Gasteiger partial charge in [0.2, 0.25) is 0 Å². The fourth-order valence-corrected chi connectivity index (χ4v) is 2.35. The van der Waals surface area contributed by atoms with Crippen LogP contribution in [-0.4, -0.2) is 16.8 Å². The van der Waals surface area contributed by atoms with Crippen molar-refractivity contribution in [3.63, 3.8) is 0 Å². The highest BCUT2D eigenvalue weighted by Gasteiger charge is 2.27. The lowest BCUT2D eigenvalue weighted by Crippen LogP contribution is -2.16. The van der Waals surface area contributed by atoms with Gasteiger partial charge >= 0.3 is 0 Å². The lowest BCUT2D eigenvalue weighted by atomic mass is 10.1. The van der Waals surface area contributed by atoms with Crippen LogP contribution >= 0.6 is 11.8 Å². The molecule has 1 fully saturated rings. The minimum Gasteiger partial charge on any atom is -0.298 e. The van der Waals surface area contributed by atoms with Gasteiger partial charge in [0.15, 0.2) is 0 Å². The molecule has 1 aliphatic heterocycles. The summed E-state index contributed by atoms with van der Waals surface area (Å²) in [6, 6.07) is 0. The summed E-state index contributed by atoms with van der Waals surface area (Å²) < 4.78 is 0. The Labute approximate surface area is 60.2 Å². The van der Waals surface area contributed by atoms with Crippen molar-refractivity contribution in [2.75, 3.05) is 5.75 Å². The van der Waals surface area contributed by atoms with Crippen molar-refractivity contribution in [3.05, 3.63) is 0 Å². The molecule has 2 heteroatoms. The van der Waals surface area contributed by atoms with Crippen LogP contribution in [0.5, 0.6) is 0 Å². The third kappa shape index (κ3) is 1.48. The van der Waals surface area contributed by atoms with E-state index in [-0.39, 0.29) is 0 Å². The molecule has 0 radical (unpaired) electrons. The Balaban J connectivity index is 2.49. The first kappa shape index (κ1) is 7.13. The lowest BCUT2D eigenvalue weighted by molar-refractivity contribution is -0.118. The van der Waals surface area contributed by atoms with E-state index in [1.165, 1.54) is 0 Å². The molecule has 0 saturated carbocycles. The number of hydrogen-bond acceptors (Lipinski definition) is 2. The molecule has 0 N–H and O–H groups in total.